The summed E-state index contributed by atoms with van der Waals surface area (Å²) >= 11 is 0. The lowest BCUT2D eigenvalue weighted by Gasteiger charge is -2.32. The van der Waals surface area contributed by atoms with Gasteiger partial charge in [-0.3, -0.25) is 0 Å². The molecule has 6 nitrogen and oxygen atoms in total. The van der Waals surface area contributed by atoms with Crippen molar-refractivity contribution in [3.05, 3.63) is 0 Å². The van der Waals surface area contributed by atoms with Crippen molar-refractivity contribution < 1.29 is 14.7 Å². The van der Waals surface area contributed by atoms with Gasteiger partial charge in [-0.05, 0) is 31.8 Å². The number of nitrogens with zero attached hydrogens (tertiary/aromatic N) is 1. The molecule has 1 unspecified atom stereocenters. The molecular formula is C13H25N3O3. The highest BCUT2D eigenvalue weighted by Gasteiger charge is 2.33. The molecule has 0 saturated carbocycles. The third-order valence-electron chi connectivity index (χ3n) is 3.35. The third kappa shape index (κ3) is 5.06. The smallest absolute Gasteiger partial charge is 0.326 e. The number of hydrogen-bond donors (Lipinski definition) is 3. The molecule has 0 aromatic heterocycles. The quantitative estimate of drug-likeness (QED) is 0.711. The molecule has 0 bridgehead atoms. The number of hydrogen-bond acceptors (Lipinski definition) is 3. The van der Waals surface area contributed by atoms with Crippen LogP contribution >= 0.6 is 0 Å². The normalized spacial score (nSPS) is 22.6. The van der Waals surface area contributed by atoms with E-state index < -0.39 is 23.5 Å². The number of aliphatic carboxylic acids is 1. The average molecular weight is 271 g/mol. The Kier molecular flexibility index (Phi) is 5.17. The third-order valence-corrected chi connectivity index (χ3v) is 3.35. The SMILES string of the molecule is CN1CCCC(NC(=O)N[C@@H](C(=O)O)C(C)(C)C)C1. The van der Waals surface area contributed by atoms with Crippen molar-refractivity contribution in [3.8, 4) is 0 Å². The lowest BCUT2D eigenvalue weighted by Crippen LogP contribution is -2.56. The Bertz CT molecular complexity index is 339. The fourth-order valence-corrected chi connectivity index (χ4v) is 2.29. The topological polar surface area (TPSA) is 81.7 Å². The summed E-state index contributed by atoms with van der Waals surface area (Å²) < 4.78 is 0. The number of likely N-dealkylation sites (N-methyl/N-ethyl adjacent to an activating group) is 1. The van der Waals surface area contributed by atoms with E-state index in [4.69, 9.17) is 5.11 Å². The number of carboxylic acid groups (broad SMARTS) is 1. The fraction of sp³-hybridized carbons (Fsp3) is 0.846. The van der Waals surface area contributed by atoms with E-state index in [0.717, 1.165) is 25.9 Å². The van der Waals surface area contributed by atoms with Gasteiger partial charge in [0.05, 0.1) is 0 Å². The summed E-state index contributed by atoms with van der Waals surface area (Å²) in [6, 6.07) is -1.20. The number of carboxylic acids is 1. The maximum atomic E-state index is 11.9. The number of likely N-dealkylation sites (tertiary alicyclic amines) is 1. The Balaban J connectivity index is 2.51. The molecule has 1 fully saturated rings. The zero-order valence-corrected chi connectivity index (χ0v) is 12.2. The van der Waals surface area contributed by atoms with Crippen LogP contribution in [0.2, 0.25) is 0 Å². The lowest BCUT2D eigenvalue weighted by molar-refractivity contribution is -0.141. The Morgan fingerprint density at radius 2 is 2.00 bits per heavy atom. The van der Waals surface area contributed by atoms with Crippen molar-refractivity contribution in [2.75, 3.05) is 20.1 Å². The van der Waals surface area contributed by atoms with Crippen molar-refractivity contribution in [3.63, 3.8) is 0 Å². The molecule has 6 heteroatoms. The van der Waals surface area contributed by atoms with Gasteiger partial charge in [-0.15, -0.1) is 0 Å². The van der Waals surface area contributed by atoms with Crippen LogP contribution in [0.4, 0.5) is 4.79 Å². The molecule has 0 aliphatic carbocycles. The minimum absolute atomic E-state index is 0.0909. The van der Waals surface area contributed by atoms with Gasteiger partial charge in [-0.25, -0.2) is 9.59 Å². The number of urea groups is 1. The van der Waals surface area contributed by atoms with E-state index in [0.29, 0.717) is 0 Å². The number of carbonyl (C=O) groups excluding carboxylic acids is 1. The monoisotopic (exact) mass is 271 g/mol. The van der Waals surface area contributed by atoms with Crippen molar-refractivity contribution in [2.45, 2.75) is 45.7 Å². The van der Waals surface area contributed by atoms with Gasteiger partial charge < -0.3 is 20.6 Å². The summed E-state index contributed by atoms with van der Waals surface area (Å²) in [5, 5.41) is 14.6. The van der Waals surface area contributed by atoms with Crippen LogP contribution in [-0.2, 0) is 4.79 Å². The van der Waals surface area contributed by atoms with Crippen LogP contribution < -0.4 is 10.6 Å². The number of piperidine rings is 1. The molecule has 1 aliphatic rings. The van der Waals surface area contributed by atoms with Crippen LogP contribution in [0.15, 0.2) is 0 Å². The number of rotatable bonds is 3. The van der Waals surface area contributed by atoms with Crippen LogP contribution in [0.3, 0.4) is 0 Å². The minimum Gasteiger partial charge on any atom is -0.480 e. The van der Waals surface area contributed by atoms with E-state index >= 15 is 0 Å². The molecule has 2 amide bonds. The zero-order chi connectivity index (χ0) is 14.6. The summed E-state index contributed by atoms with van der Waals surface area (Å²) in [5.74, 6) is -1.01. The highest BCUT2D eigenvalue weighted by atomic mass is 16.4. The van der Waals surface area contributed by atoms with Gasteiger partial charge >= 0.3 is 12.0 Å². The van der Waals surface area contributed by atoms with Crippen molar-refractivity contribution in [2.24, 2.45) is 5.41 Å². The second kappa shape index (κ2) is 6.23. The highest BCUT2D eigenvalue weighted by Crippen LogP contribution is 2.19. The van der Waals surface area contributed by atoms with Crippen LogP contribution in [0.1, 0.15) is 33.6 Å². The van der Waals surface area contributed by atoms with E-state index in [1.54, 1.807) is 20.8 Å². The Hall–Kier alpha value is -1.30. The molecule has 1 rings (SSSR count). The lowest BCUT2D eigenvalue weighted by atomic mass is 9.87. The molecular weight excluding hydrogens is 246 g/mol. The van der Waals surface area contributed by atoms with E-state index in [9.17, 15) is 9.59 Å². The number of carbonyl (C=O) groups is 2. The Morgan fingerprint density at radius 3 is 2.47 bits per heavy atom. The molecule has 110 valence electrons. The van der Waals surface area contributed by atoms with Gasteiger partial charge in [0.1, 0.15) is 6.04 Å². The first-order valence-corrected chi connectivity index (χ1v) is 6.68. The van der Waals surface area contributed by atoms with Crippen molar-refractivity contribution in [1.82, 2.24) is 15.5 Å². The standard InChI is InChI=1S/C13H25N3O3/c1-13(2,3)10(11(17)18)15-12(19)14-9-6-5-7-16(4)8-9/h9-10H,5-8H2,1-4H3,(H,17,18)(H2,14,15,19)/t9?,10-/m0/s1. The maximum absolute atomic E-state index is 11.9. The van der Waals surface area contributed by atoms with Crippen LogP contribution in [0.5, 0.6) is 0 Å². The first kappa shape index (κ1) is 15.8. The molecule has 1 saturated heterocycles. The molecule has 0 aromatic carbocycles. The van der Waals surface area contributed by atoms with Crippen LogP contribution in [0, 0.1) is 5.41 Å². The van der Waals surface area contributed by atoms with Crippen molar-refractivity contribution in [1.29, 1.82) is 0 Å². The summed E-state index contributed by atoms with van der Waals surface area (Å²) in [7, 11) is 2.01. The first-order valence-electron chi connectivity index (χ1n) is 6.68. The molecule has 0 radical (unpaired) electrons. The van der Waals surface area contributed by atoms with Gasteiger partial charge in [0.25, 0.3) is 0 Å². The molecule has 0 spiro atoms. The van der Waals surface area contributed by atoms with Crippen LogP contribution in [-0.4, -0.2) is 54.2 Å². The van der Waals surface area contributed by atoms with Crippen LogP contribution in [0.25, 0.3) is 0 Å². The first-order chi connectivity index (χ1) is 8.70. The van der Waals surface area contributed by atoms with E-state index in [1.807, 2.05) is 7.05 Å². The van der Waals surface area contributed by atoms with Gasteiger partial charge in [0.15, 0.2) is 0 Å². The second-order valence-corrected chi connectivity index (χ2v) is 6.36. The van der Waals surface area contributed by atoms with Gasteiger partial charge in [-0.2, -0.15) is 0 Å². The van der Waals surface area contributed by atoms with E-state index in [-0.39, 0.29) is 6.04 Å². The molecule has 1 aliphatic heterocycles. The molecule has 0 aromatic rings. The minimum atomic E-state index is -1.01. The highest BCUT2D eigenvalue weighted by molar-refractivity contribution is 5.83. The predicted molar refractivity (Wildman–Crippen MR) is 73.1 cm³/mol. The Labute approximate surface area is 114 Å². The van der Waals surface area contributed by atoms with Gasteiger partial charge in [0, 0.05) is 12.6 Å². The summed E-state index contributed by atoms with van der Waals surface area (Å²) in [5.41, 5.74) is -0.521. The van der Waals surface area contributed by atoms with Gasteiger partial charge in [-0.1, -0.05) is 20.8 Å². The largest absolute Gasteiger partial charge is 0.480 e. The summed E-state index contributed by atoms with van der Waals surface area (Å²) in [6.45, 7) is 7.22. The van der Waals surface area contributed by atoms with Crippen molar-refractivity contribution >= 4 is 12.0 Å². The number of amides is 2. The zero-order valence-electron chi connectivity index (χ0n) is 12.2. The maximum Gasteiger partial charge on any atom is 0.326 e. The van der Waals surface area contributed by atoms with E-state index in [2.05, 4.69) is 15.5 Å². The summed E-state index contributed by atoms with van der Waals surface area (Å²) in [6.07, 6.45) is 1.98. The average Bonchev–Trinajstić information content (AvgIpc) is 2.24. The van der Waals surface area contributed by atoms with E-state index in [1.165, 1.54) is 0 Å². The second-order valence-electron chi connectivity index (χ2n) is 6.36. The number of nitrogens with one attached hydrogen (secondary N) is 2. The molecule has 1 heterocycles. The fourth-order valence-electron chi connectivity index (χ4n) is 2.29. The molecule has 2 atom stereocenters. The summed E-state index contributed by atoms with van der Waals surface area (Å²) in [4.78, 5) is 25.2. The Morgan fingerprint density at radius 1 is 1.37 bits per heavy atom. The predicted octanol–water partition coefficient (Wildman–Crippen LogP) is 0.879. The molecule has 3 N–H and O–H groups in total. The van der Waals surface area contributed by atoms with Gasteiger partial charge in [0.2, 0.25) is 0 Å². The molecule has 19 heavy (non-hydrogen) atoms.